The maximum atomic E-state index is 9.31. The minimum absolute atomic E-state index is 0.0624. The molecule has 0 aromatic heterocycles. The van der Waals surface area contributed by atoms with Crippen LogP contribution in [-0.4, -0.2) is 19.3 Å². The summed E-state index contributed by atoms with van der Waals surface area (Å²) < 4.78 is 10.3. The molecule has 5 heteroatoms. The molecular weight excluding hydrogens is 290 g/mol. The third-order valence-electron chi connectivity index (χ3n) is 3.16. The Hall–Kier alpha value is -1.91. The smallest absolute Gasteiger partial charge is 0.137 e. The Labute approximate surface area is 129 Å². The number of halogens is 1. The van der Waals surface area contributed by atoms with E-state index < -0.39 is 0 Å². The molecule has 0 aliphatic carbocycles. The zero-order valence-corrected chi connectivity index (χ0v) is 12.8. The Balaban J connectivity index is 2.07. The molecule has 0 saturated carbocycles. The summed E-state index contributed by atoms with van der Waals surface area (Å²) in [5.41, 5.74) is 2.70. The van der Waals surface area contributed by atoms with Gasteiger partial charge in [-0.15, -0.1) is 0 Å². The number of hydrogen-bond acceptors (Lipinski definition) is 4. The third-order valence-corrected chi connectivity index (χ3v) is 3.46. The van der Waals surface area contributed by atoms with Crippen LogP contribution in [0.1, 0.15) is 11.1 Å². The summed E-state index contributed by atoms with van der Waals surface area (Å²) in [6.07, 6.45) is 0. The number of rotatable bonds is 6. The lowest BCUT2D eigenvalue weighted by molar-refractivity contribution is 0.274. The van der Waals surface area contributed by atoms with Crippen LogP contribution >= 0.6 is 11.6 Å². The molecule has 2 aromatic rings. The van der Waals surface area contributed by atoms with Gasteiger partial charge in [0.05, 0.1) is 25.8 Å². The Bertz CT molecular complexity index is 616. The number of methoxy groups -OCH3 is 2. The molecule has 0 heterocycles. The van der Waals surface area contributed by atoms with Crippen molar-refractivity contribution < 1.29 is 14.6 Å². The van der Waals surface area contributed by atoms with E-state index in [0.29, 0.717) is 23.1 Å². The lowest BCUT2D eigenvalue weighted by Gasteiger charge is -2.11. The average molecular weight is 308 g/mol. The number of anilines is 1. The van der Waals surface area contributed by atoms with Crippen LogP contribution in [-0.2, 0) is 13.2 Å². The zero-order chi connectivity index (χ0) is 15.2. The van der Waals surface area contributed by atoms with Crippen LogP contribution in [0.15, 0.2) is 36.4 Å². The van der Waals surface area contributed by atoms with Gasteiger partial charge in [0.2, 0.25) is 0 Å². The summed E-state index contributed by atoms with van der Waals surface area (Å²) in [5.74, 6) is 1.34. The van der Waals surface area contributed by atoms with Crippen molar-refractivity contribution >= 4 is 17.3 Å². The van der Waals surface area contributed by atoms with E-state index in [-0.39, 0.29) is 6.61 Å². The number of aliphatic hydroxyl groups excluding tert-OH is 1. The van der Waals surface area contributed by atoms with E-state index in [2.05, 4.69) is 5.32 Å². The topological polar surface area (TPSA) is 50.7 Å². The van der Waals surface area contributed by atoms with E-state index in [1.807, 2.05) is 36.4 Å². The highest BCUT2D eigenvalue weighted by Gasteiger charge is 2.05. The fraction of sp³-hybridized carbons (Fsp3) is 0.250. The van der Waals surface area contributed by atoms with Gasteiger partial charge in [0.15, 0.2) is 0 Å². The predicted molar refractivity (Wildman–Crippen MR) is 84.2 cm³/mol. The first-order chi connectivity index (χ1) is 10.2. The van der Waals surface area contributed by atoms with Crippen LogP contribution in [0.3, 0.4) is 0 Å². The van der Waals surface area contributed by atoms with Gasteiger partial charge in [-0.25, -0.2) is 0 Å². The van der Waals surface area contributed by atoms with Gasteiger partial charge in [-0.1, -0.05) is 17.7 Å². The molecule has 0 spiro atoms. The quantitative estimate of drug-likeness (QED) is 0.858. The van der Waals surface area contributed by atoms with Crippen LogP contribution < -0.4 is 14.8 Å². The summed E-state index contributed by atoms with van der Waals surface area (Å²) in [7, 11) is 3.17. The minimum atomic E-state index is -0.0624. The third kappa shape index (κ3) is 3.80. The number of benzene rings is 2. The predicted octanol–water partition coefficient (Wildman–Crippen LogP) is 3.46. The number of aliphatic hydroxyl groups is 1. The maximum Gasteiger partial charge on any atom is 0.137 e. The van der Waals surface area contributed by atoms with Gasteiger partial charge in [0.1, 0.15) is 11.5 Å². The fourth-order valence-electron chi connectivity index (χ4n) is 2.04. The lowest BCUT2D eigenvalue weighted by Crippen LogP contribution is -2.01. The molecule has 21 heavy (non-hydrogen) atoms. The molecule has 0 saturated heterocycles. The van der Waals surface area contributed by atoms with Gasteiger partial charge in [0.25, 0.3) is 0 Å². The monoisotopic (exact) mass is 307 g/mol. The summed E-state index contributed by atoms with van der Waals surface area (Å²) in [5, 5.41) is 13.2. The molecule has 4 nitrogen and oxygen atoms in total. The Kier molecular flexibility index (Phi) is 5.31. The van der Waals surface area contributed by atoms with Crippen molar-refractivity contribution in [3.8, 4) is 11.5 Å². The molecule has 2 rings (SSSR count). The number of hydrogen-bond donors (Lipinski definition) is 2. The standard InChI is InChI=1S/C16H18ClNO3/c1-20-15-6-4-13(8-12(15)10-19)18-9-11-3-5-16(21-2)14(17)7-11/h3-8,18-19H,9-10H2,1-2H3. The van der Waals surface area contributed by atoms with E-state index in [1.54, 1.807) is 14.2 Å². The maximum absolute atomic E-state index is 9.31. The van der Waals surface area contributed by atoms with Gasteiger partial charge < -0.3 is 19.9 Å². The van der Waals surface area contributed by atoms with E-state index in [9.17, 15) is 5.11 Å². The molecule has 0 atom stereocenters. The molecular formula is C16H18ClNO3. The molecule has 2 N–H and O–H groups in total. The summed E-state index contributed by atoms with van der Waals surface area (Å²) >= 11 is 6.10. The molecule has 0 fully saturated rings. The van der Waals surface area contributed by atoms with Crippen LogP contribution in [0.25, 0.3) is 0 Å². The van der Waals surface area contributed by atoms with E-state index in [4.69, 9.17) is 21.1 Å². The lowest BCUT2D eigenvalue weighted by atomic mass is 10.1. The zero-order valence-electron chi connectivity index (χ0n) is 12.0. The van der Waals surface area contributed by atoms with Gasteiger partial charge in [0, 0.05) is 17.8 Å². The second kappa shape index (κ2) is 7.20. The van der Waals surface area contributed by atoms with E-state index in [0.717, 1.165) is 16.8 Å². The molecule has 0 aliphatic heterocycles. The van der Waals surface area contributed by atoms with Crippen LogP contribution in [0.2, 0.25) is 5.02 Å². The summed E-state index contributed by atoms with van der Waals surface area (Å²) in [6.45, 7) is 0.563. The van der Waals surface area contributed by atoms with Gasteiger partial charge in [-0.05, 0) is 35.9 Å². The summed E-state index contributed by atoms with van der Waals surface area (Å²) in [6, 6.07) is 11.3. The minimum Gasteiger partial charge on any atom is -0.496 e. The molecule has 112 valence electrons. The Morgan fingerprint density at radius 3 is 2.38 bits per heavy atom. The fourth-order valence-corrected chi connectivity index (χ4v) is 2.32. The highest BCUT2D eigenvalue weighted by Crippen LogP contribution is 2.26. The van der Waals surface area contributed by atoms with Crippen LogP contribution in [0.4, 0.5) is 5.69 Å². The Morgan fingerprint density at radius 2 is 1.76 bits per heavy atom. The molecule has 0 bridgehead atoms. The van der Waals surface area contributed by atoms with E-state index >= 15 is 0 Å². The van der Waals surface area contributed by atoms with Crippen molar-refractivity contribution in [2.45, 2.75) is 13.2 Å². The number of ether oxygens (including phenoxy) is 2. The van der Waals surface area contributed by atoms with Crippen molar-refractivity contribution in [3.63, 3.8) is 0 Å². The van der Waals surface area contributed by atoms with Crippen LogP contribution in [0.5, 0.6) is 11.5 Å². The summed E-state index contributed by atoms with van der Waals surface area (Å²) in [4.78, 5) is 0. The SMILES string of the molecule is COc1ccc(CNc2ccc(OC)c(CO)c2)cc1Cl. The molecule has 0 unspecified atom stereocenters. The van der Waals surface area contributed by atoms with Crippen molar-refractivity contribution in [2.75, 3.05) is 19.5 Å². The van der Waals surface area contributed by atoms with Crippen molar-refractivity contribution in [3.05, 3.63) is 52.5 Å². The van der Waals surface area contributed by atoms with Crippen LogP contribution in [0, 0.1) is 0 Å². The average Bonchev–Trinajstić information content (AvgIpc) is 2.52. The highest BCUT2D eigenvalue weighted by molar-refractivity contribution is 6.32. The first kappa shape index (κ1) is 15.5. The molecule has 0 radical (unpaired) electrons. The molecule has 2 aromatic carbocycles. The first-order valence-electron chi connectivity index (χ1n) is 6.52. The Morgan fingerprint density at radius 1 is 1.05 bits per heavy atom. The molecule has 0 amide bonds. The van der Waals surface area contributed by atoms with Crippen molar-refractivity contribution in [1.82, 2.24) is 0 Å². The first-order valence-corrected chi connectivity index (χ1v) is 6.89. The van der Waals surface area contributed by atoms with E-state index in [1.165, 1.54) is 0 Å². The second-order valence-corrected chi connectivity index (χ2v) is 4.91. The largest absolute Gasteiger partial charge is 0.496 e. The second-order valence-electron chi connectivity index (χ2n) is 4.51. The normalized spacial score (nSPS) is 10.3. The van der Waals surface area contributed by atoms with Gasteiger partial charge in [-0.2, -0.15) is 0 Å². The number of nitrogens with one attached hydrogen (secondary N) is 1. The van der Waals surface area contributed by atoms with Crippen molar-refractivity contribution in [1.29, 1.82) is 0 Å². The van der Waals surface area contributed by atoms with Gasteiger partial charge >= 0.3 is 0 Å². The highest BCUT2D eigenvalue weighted by atomic mass is 35.5. The van der Waals surface area contributed by atoms with Crippen molar-refractivity contribution in [2.24, 2.45) is 0 Å². The molecule has 0 aliphatic rings. The van der Waals surface area contributed by atoms with Gasteiger partial charge in [-0.3, -0.25) is 0 Å².